The lowest BCUT2D eigenvalue weighted by atomic mass is 9.99. The fraction of sp³-hybridized carbons (Fsp3) is 0.385. The molecule has 2 rings (SSSR count). The van der Waals surface area contributed by atoms with Crippen molar-refractivity contribution in [2.75, 3.05) is 0 Å². The second kappa shape index (κ2) is 5.05. The van der Waals surface area contributed by atoms with E-state index in [1.165, 1.54) is 17.4 Å². The number of hydrogen-bond donors (Lipinski definition) is 0. The highest BCUT2D eigenvalue weighted by Gasteiger charge is 2.20. The molecule has 0 fully saturated rings. The van der Waals surface area contributed by atoms with E-state index in [0.717, 1.165) is 15.2 Å². The molecular weight excluding hydrogens is 264 g/mol. The number of nitrogens with zero attached hydrogens (tertiary/aromatic N) is 2. The summed E-state index contributed by atoms with van der Waals surface area (Å²) >= 11 is 1.42. The number of Topliss-reactive ketones (excluding diaryl/α,β-unsaturated/α-hetero) is 1. The van der Waals surface area contributed by atoms with Crippen LogP contribution < -0.4 is 0 Å². The van der Waals surface area contributed by atoms with Gasteiger partial charge in [0, 0.05) is 24.0 Å². The molecule has 0 bridgehead atoms. The topological polar surface area (TPSA) is 73.1 Å². The van der Waals surface area contributed by atoms with Gasteiger partial charge in [0.15, 0.2) is 0 Å². The molecule has 0 aliphatic rings. The smallest absolute Gasteiger partial charge is 0.274 e. The first-order valence-electron chi connectivity index (χ1n) is 5.95. The highest BCUT2D eigenvalue weighted by molar-refractivity contribution is 7.18. The molecule has 2 aromatic rings. The maximum atomic E-state index is 11.8. The minimum absolute atomic E-state index is 0.00477. The van der Waals surface area contributed by atoms with Gasteiger partial charge in [0.1, 0.15) is 5.78 Å². The van der Waals surface area contributed by atoms with Crippen LogP contribution in [0.15, 0.2) is 12.1 Å². The van der Waals surface area contributed by atoms with Crippen LogP contribution in [0.25, 0.3) is 10.2 Å². The Kier molecular flexibility index (Phi) is 3.61. The Labute approximate surface area is 114 Å². The molecule has 100 valence electrons. The highest BCUT2D eigenvalue weighted by atomic mass is 32.1. The Balaban J connectivity index is 2.53. The van der Waals surface area contributed by atoms with E-state index < -0.39 is 4.92 Å². The number of benzene rings is 1. The molecule has 0 spiro atoms. The van der Waals surface area contributed by atoms with E-state index in [2.05, 4.69) is 4.98 Å². The summed E-state index contributed by atoms with van der Waals surface area (Å²) in [5, 5.41) is 12.0. The predicted molar refractivity (Wildman–Crippen MR) is 74.6 cm³/mol. The van der Waals surface area contributed by atoms with Crippen LogP contribution in [0.1, 0.15) is 24.4 Å². The summed E-state index contributed by atoms with van der Waals surface area (Å²) in [5.74, 6) is -0.137. The zero-order valence-corrected chi connectivity index (χ0v) is 11.8. The van der Waals surface area contributed by atoms with Gasteiger partial charge in [-0.2, -0.15) is 0 Å². The summed E-state index contributed by atoms with van der Waals surface area (Å²) in [7, 11) is 0. The van der Waals surface area contributed by atoms with Crippen molar-refractivity contribution in [2.45, 2.75) is 27.2 Å². The minimum atomic E-state index is -0.433. The number of ketones is 1. The van der Waals surface area contributed by atoms with E-state index in [0.29, 0.717) is 5.56 Å². The third kappa shape index (κ3) is 2.78. The van der Waals surface area contributed by atoms with Crippen LogP contribution in [0.4, 0.5) is 5.69 Å². The molecule has 0 saturated heterocycles. The lowest BCUT2D eigenvalue weighted by Crippen LogP contribution is -2.11. The van der Waals surface area contributed by atoms with E-state index in [4.69, 9.17) is 0 Å². The van der Waals surface area contributed by atoms with Crippen molar-refractivity contribution in [3.63, 3.8) is 0 Å². The molecule has 0 aliphatic carbocycles. The first-order valence-corrected chi connectivity index (χ1v) is 6.77. The van der Waals surface area contributed by atoms with Gasteiger partial charge in [0.05, 0.1) is 20.1 Å². The molecule has 5 nitrogen and oxygen atoms in total. The number of nitro groups is 1. The van der Waals surface area contributed by atoms with Crippen LogP contribution in [-0.2, 0) is 11.2 Å². The zero-order chi connectivity index (χ0) is 14.2. The average molecular weight is 278 g/mol. The number of aromatic nitrogens is 1. The van der Waals surface area contributed by atoms with Gasteiger partial charge in [-0.1, -0.05) is 13.8 Å². The van der Waals surface area contributed by atoms with Gasteiger partial charge in [0.2, 0.25) is 0 Å². The number of hydrogen-bond acceptors (Lipinski definition) is 5. The van der Waals surface area contributed by atoms with Crippen LogP contribution >= 0.6 is 11.3 Å². The predicted octanol–water partition coefficient (Wildman–Crippen LogP) is 3.28. The van der Waals surface area contributed by atoms with Crippen LogP contribution in [0, 0.1) is 23.0 Å². The van der Waals surface area contributed by atoms with Gasteiger partial charge in [-0.15, -0.1) is 11.3 Å². The van der Waals surface area contributed by atoms with Crippen molar-refractivity contribution >= 4 is 33.0 Å². The molecule has 1 aromatic heterocycles. The van der Waals surface area contributed by atoms with Crippen LogP contribution in [0.5, 0.6) is 0 Å². The van der Waals surface area contributed by atoms with Crippen LogP contribution in [-0.4, -0.2) is 15.7 Å². The van der Waals surface area contributed by atoms with Crippen molar-refractivity contribution in [2.24, 2.45) is 5.92 Å². The second-order valence-corrected chi connectivity index (χ2v) is 5.97. The number of carbonyl (C=O) groups is 1. The Bertz CT molecular complexity index is 661. The third-order valence-corrected chi connectivity index (χ3v) is 3.83. The number of thiazole rings is 1. The number of aryl methyl sites for hydroxylation is 1. The average Bonchev–Trinajstić information content (AvgIpc) is 2.66. The second-order valence-electron chi connectivity index (χ2n) is 4.74. The maximum Gasteiger partial charge on any atom is 0.274 e. The van der Waals surface area contributed by atoms with Crippen molar-refractivity contribution in [1.82, 2.24) is 4.98 Å². The van der Waals surface area contributed by atoms with Gasteiger partial charge in [-0.05, 0) is 13.0 Å². The van der Waals surface area contributed by atoms with Crippen molar-refractivity contribution < 1.29 is 9.72 Å². The number of nitro benzene ring substituents is 1. The Morgan fingerprint density at radius 2 is 2.16 bits per heavy atom. The lowest BCUT2D eigenvalue weighted by molar-refractivity contribution is -0.385. The van der Waals surface area contributed by atoms with E-state index in [-0.39, 0.29) is 23.8 Å². The fourth-order valence-electron chi connectivity index (χ4n) is 1.82. The summed E-state index contributed by atoms with van der Waals surface area (Å²) in [6.45, 7) is 5.44. The Morgan fingerprint density at radius 1 is 1.47 bits per heavy atom. The third-order valence-electron chi connectivity index (χ3n) is 2.90. The zero-order valence-electron chi connectivity index (χ0n) is 11.0. The quantitative estimate of drug-likeness (QED) is 0.635. The number of fused-ring (bicyclic) bond motifs is 1. The SMILES string of the molecule is Cc1nc2cc(CC(=O)C(C)C)c([N+](=O)[O-])cc2s1. The molecule has 1 heterocycles. The van der Waals surface area contributed by atoms with Gasteiger partial charge < -0.3 is 0 Å². The minimum Gasteiger partial charge on any atom is -0.299 e. The largest absolute Gasteiger partial charge is 0.299 e. The van der Waals surface area contributed by atoms with Crippen molar-refractivity contribution in [3.8, 4) is 0 Å². The normalized spacial score (nSPS) is 11.2. The summed E-state index contributed by atoms with van der Waals surface area (Å²) < 4.78 is 0.782. The molecule has 0 atom stereocenters. The van der Waals surface area contributed by atoms with E-state index in [1.54, 1.807) is 19.9 Å². The molecule has 0 aliphatic heterocycles. The lowest BCUT2D eigenvalue weighted by Gasteiger charge is -2.05. The van der Waals surface area contributed by atoms with Gasteiger partial charge in [0.25, 0.3) is 5.69 Å². The standard InChI is InChI=1S/C13H14N2O3S/c1-7(2)12(16)5-9-4-10-13(19-8(3)14-10)6-11(9)15(17)18/h4,6-7H,5H2,1-3H3. The van der Waals surface area contributed by atoms with Gasteiger partial charge in [-0.25, -0.2) is 4.98 Å². The molecule has 19 heavy (non-hydrogen) atoms. The molecule has 0 unspecified atom stereocenters. The van der Waals surface area contributed by atoms with Crippen LogP contribution in [0.2, 0.25) is 0 Å². The fourth-order valence-corrected chi connectivity index (χ4v) is 2.67. The van der Waals surface area contributed by atoms with E-state index in [9.17, 15) is 14.9 Å². The molecule has 1 aromatic carbocycles. The first kappa shape index (κ1) is 13.6. The monoisotopic (exact) mass is 278 g/mol. The number of rotatable bonds is 4. The van der Waals surface area contributed by atoms with Gasteiger partial charge in [-0.3, -0.25) is 14.9 Å². The molecular formula is C13H14N2O3S. The van der Waals surface area contributed by atoms with E-state index in [1.807, 2.05) is 6.92 Å². The summed E-state index contributed by atoms with van der Waals surface area (Å²) in [5.41, 5.74) is 1.17. The summed E-state index contributed by atoms with van der Waals surface area (Å²) in [6, 6.07) is 3.18. The maximum absolute atomic E-state index is 11.8. The van der Waals surface area contributed by atoms with Crippen molar-refractivity contribution in [1.29, 1.82) is 0 Å². The molecule has 0 amide bonds. The van der Waals surface area contributed by atoms with E-state index >= 15 is 0 Å². The van der Waals surface area contributed by atoms with Crippen molar-refractivity contribution in [3.05, 3.63) is 32.8 Å². The van der Waals surface area contributed by atoms with Gasteiger partial charge >= 0.3 is 0 Å². The molecule has 0 saturated carbocycles. The summed E-state index contributed by atoms with van der Waals surface area (Å²) in [6.07, 6.45) is 0.0838. The Hall–Kier alpha value is -1.82. The van der Waals surface area contributed by atoms with Crippen LogP contribution in [0.3, 0.4) is 0 Å². The number of carbonyl (C=O) groups excluding carboxylic acids is 1. The first-order chi connectivity index (χ1) is 8.88. The highest BCUT2D eigenvalue weighted by Crippen LogP contribution is 2.30. The molecule has 0 radical (unpaired) electrons. The molecule has 0 N–H and O–H groups in total. The molecule has 6 heteroatoms. The summed E-state index contributed by atoms with van der Waals surface area (Å²) in [4.78, 5) is 26.8. The Morgan fingerprint density at radius 3 is 2.74 bits per heavy atom.